The molecule has 0 spiro atoms. The zero-order chi connectivity index (χ0) is 16.5. The van der Waals surface area contributed by atoms with Gasteiger partial charge in [-0.15, -0.1) is 0 Å². The van der Waals surface area contributed by atoms with Gasteiger partial charge < -0.3 is 14.2 Å². The summed E-state index contributed by atoms with van der Waals surface area (Å²) in [5.41, 5.74) is -0.0909. The number of hydrogen-bond donors (Lipinski definition) is 0. The molecule has 4 aliphatic rings. The second-order valence-corrected chi connectivity index (χ2v) is 9.00. The molecule has 1 saturated heterocycles. The van der Waals surface area contributed by atoms with E-state index in [4.69, 9.17) is 14.2 Å². The molecule has 23 heavy (non-hydrogen) atoms. The molecule has 4 heteroatoms. The standard InChI is InChI=1S/C19H30O4/c1-16(2)13-6-9-17(16,3)14(12-13)23-19-8-5-7-18(19,10-11-22-19)15(20)21-4/h13-14H,5-12H2,1-4H3. The summed E-state index contributed by atoms with van der Waals surface area (Å²) in [4.78, 5) is 12.6. The van der Waals surface area contributed by atoms with Crippen molar-refractivity contribution >= 4 is 5.97 Å². The van der Waals surface area contributed by atoms with Crippen molar-refractivity contribution in [1.29, 1.82) is 0 Å². The van der Waals surface area contributed by atoms with Crippen molar-refractivity contribution < 1.29 is 19.0 Å². The van der Waals surface area contributed by atoms with E-state index in [0.29, 0.717) is 12.0 Å². The van der Waals surface area contributed by atoms with Crippen LogP contribution in [0.4, 0.5) is 0 Å². The number of carbonyl (C=O) groups excluding carboxylic acids is 1. The predicted octanol–water partition coefficient (Wildman–Crippen LogP) is 3.68. The quantitative estimate of drug-likeness (QED) is 0.744. The molecule has 3 aliphatic carbocycles. The number of rotatable bonds is 3. The molecule has 4 rings (SSSR count). The lowest BCUT2D eigenvalue weighted by Gasteiger charge is -2.45. The molecule has 0 radical (unpaired) electrons. The van der Waals surface area contributed by atoms with Crippen LogP contribution in [0.25, 0.3) is 0 Å². The third-order valence-corrected chi connectivity index (χ3v) is 8.33. The van der Waals surface area contributed by atoms with Crippen molar-refractivity contribution in [3.05, 3.63) is 0 Å². The molecule has 1 aliphatic heterocycles. The molecule has 3 saturated carbocycles. The molecule has 0 aromatic carbocycles. The maximum Gasteiger partial charge on any atom is 0.317 e. The maximum absolute atomic E-state index is 12.6. The van der Waals surface area contributed by atoms with Gasteiger partial charge in [0.1, 0.15) is 5.41 Å². The van der Waals surface area contributed by atoms with Crippen LogP contribution < -0.4 is 0 Å². The Balaban J connectivity index is 1.65. The lowest BCUT2D eigenvalue weighted by atomic mass is 9.69. The highest BCUT2D eigenvalue weighted by atomic mass is 16.7. The van der Waals surface area contributed by atoms with Crippen LogP contribution in [0.3, 0.4) is 0 Å². The number of esters is 1. The van der Waals surface area contributed by atoms with Crippen LogP contribution in [-0.2, 0) is 19.0 Å². The average Bonchev–Trinajstić information content (AvgIpc) is 3.14. The van der Waals surface area contributed by atoms with Gasteiger partial charge in [-0.05, 0) is 55.3 Å². The van der Waals surface area contributed by atoms with E-state index in [1.165, 1.54) is 20.0 Å². The van der Waals surface area contributed by atoms with E-state index in [1.807, 2.05) is 0 Å². The molecular weight excluding hydrogens is 292 g/mol. The van der Waals surface area contributed by atoms with E-state index in [2.05, 4.69) is 20.8 Å². The van der Waals surface area contributed by atoms with Crippen LogP contribution in [0.5, 0.6) is 0 Å². The molecule has 130 valence electrons. The smallest absolute Gasteiger partial charge is 0.317 e. The predicted molar refractivity (Wildman–Crippen MR) is 85.7 cm³/mol. The Morgan fingerprint density at radius 1 is 1.13 bits per heavy atom. The third kappa shape index (κ3) is 1.72. The Hall–Kier alpha value is -0.610. The van der Waals surface area contributed by atoms with E-state index < -0.39 is 11.2 Å². The molecule has 4 nitrogen and oxygen atoms in total. The Morgan fingerprint density at radius 3 is 2.52 bits per heavy atom. The lowest BCUT2D eigenvalue weighted by Crippen LogP contribution is -2.53. The molecule has 4 fully saturated rings. The van der Waals surface area contributed by atoms with Gasteiger partial charge in [0, 0.05) is 6.42 Å². The van der Waals surface area contributed by atoms with Gasteiger partial charge in [-0.25, -0.2) is 0 Å². The Morgan fingerprint density at radius 2 is 1.91 bits per heavy atom. The average molecular weight is 322 g/mol. The fourth-order valence-electron chi connectivity index (χ4n) is 6.27. The van der Waals surface area contributed by atoms with E-state index >= 15 is 0 Å². The van der Waals surface area contributed by atoms with Gasteiger partial charge in [-0.1, -0.05) is 20.8 Å². The molecule has 1 heterocycles. The Bertz CT molecular complexity index is 515. The minimum atomic E-state index is -0.742. The molecule has 5 unspecified atom stereocenters. The van der Waals surface area contributed by atoms with Crippen LogP contribution in [0.2, 0.25) is 0 Å². The van der Waals surface area contributed by atoms with Crippen molar-refractivity contribution in [2.24, 2.45) is 22.2 Å². The van der Waals surface area contributed by atoms with E-state index in [0.717, 1.165) is 38.0 Å². The van der Waals surface area contributed by atoms with Crippen molar-refractivity contribution in [2.45, 2.75) is 77.6 Å². The molecule has 0 N–H and O–H groups in total. The highest BCUT2D eigenvalue weighted by Crippen LogP contribution is 2.68. The number of fused-ring (bicyclic) bond motifs is 3. The Labute approximate surface area is 139 Å². The Kier molecular flexibility index (Phi) is 3.26. The fourth-order valence-corrected chi connectivity index (χ4v) is 6.27. The van der Waals surface area contributed by atoms with Crippen molar-refractivity contribution in [3.8, 4) is 0 Å². The van der Waals surface area contributed by atoms with Crippen LogP contribution >= 0.6 is 0 Å². The van der Waals surface area contributed by atoms with E-state index in [-0.39, 0.29) is 17.5 Å². The van der Waals surface area contributed by atoms with Crippen LogP contribution in [0, 0.1) is 22.2 Å². The summed E-state index contributed by atoms with van der Waals surface area (Å²) in [6.07, 6.45) is 7.18. The number of hydrogen-bond acceptors (Lipinski definition) is 4. The number of ether oxygens (including phenoxy) is 3. The minimum Gasteiger partial charge on any atom is -0.468 e. The lowest BCUT2D eigenvalue weighted by molar-refractivity contribution is -0.285. The van der Waals surface area contributed by atoms with E-state index in [9.17, 15) is 4.79 Å². The minimum absolute atomic E-state index is 0.139. The number of carbonyl (C=O) groups is 1. The van der Waals surface area contributed by atoms with Gasteiger partial charge in [0.25, 0.3) is 0 Å². The van der Waals surface area contributed by atoms with E-state index in [1.54, 1.807) is 0 Å². The van der Waals surface area contributed by atoms with Gasteiger partial charge >= 0.3 is 5.97 Å². The summed E-state index contributed by atoms with van der Waals surface area (Å²) < 4.78 is 18.1. The van der Waals surface area contributed by atoms with Gasteiger partial charge in [0.05, 0.1) is 19.8 Å². The first kappa shape index (κ1) is 15.9. The first-order valence-electron chi connectivity index (χ1n) is 9.22. The fraction of sp³-hybridized carbons (Fsp3) is 0.947. The van der Waals surface area contributed by atoms with Gasteiger partial charge in [0.15, 0.2) is 5.79 Å². The third-order valence-electron chi connectivity index (χ3n) is 8.33. The summed E-state index contributed by atoms with van der Waals surface area (Å²) in [5, 5.41) is 0. The number of methoxy groups -OCH3 is 1. The monoisotopic (exact) mass is 322 g/mol. The van der Waals surface area contributed by atoms with Gasteiger partial charge in [-0.2, -0.15) is 0 Å². The van der Waals surface area contributed by atoms with Crippen molar-refractivity contribution in [3.63, 3.8) is 0 Å². The molecule has 0 aromatic rings. The van der Waals surface area contributed by atoms with Crippen LogP contribution in [-0.4, -0.2) is 31.6 Å². The SMILES string of the molecule is COC(=O)C12CCCC1(OC1CC3CCC1(C)C3(C)C)OCC2. The summed E-state index contributed by atoms with van der Waals surface area (Å²) in [5.74, 6) is -0.154. The topological polar surface area (TPSA) is 44.8 Å². The molecule has 0 aromatic heterocycles. The van der Waals surface area contributed by atoms with Gasteiger partial charge in [-0.3, -0.25) is 4.79 Å². The highest BCUT2D eigenvalue weighted by molar-refractivity contribution is 5.79. The largest absolute Gasteiger partial charge is 0.468 e. The summed E-state index contributed by atoms with van der Waals surface area (Å²) in [6, 6.07) is 0. The summed E-state index contributed by atoms with van der Waals surface area (Å²) >= 11 is 0. The van der Waals surface area contributed by atoms with Crippen molar-refractivity contribution in [2.75, 3.05) is 13.7 Å². The highest BCUT2D eigenvalue weighted by Gasteiger charge is 2.70. The zero-order valence-corrected chi connectivity index (χ0v) is 14.9. The summed E-state index contributed by atoms with van der Waals surface area (Å²) in [6.45, 7) is 7.77. The molecule has 2 bridgehead atoms. The normalized spacial score (nSPS) is 50.3. The van der Waals surface area contributed by atoms with Crippen LogP contribution in [0.15, 0.2) is 0 Å². The van der Waals surface area contributed by atoms with Crippen molar-refractivity contribution in [1.82, 2.24) is 0 Å². The first-order valence-corrected chi connectivity index (χ1v) is 9.22. The second kappa shape index (κ2) is 4.72. The molecular formula is C19H30O4. The maximum atomic E-state index is 12.6. The molecule has 0 amide bonds. The zero-order valence-electron chi connectivity index (χ0n) is 14.9. The first-order chi connectivity index (χ1) is 10.8. The summed E-state index contributed by atoms with van der Waals surface area (Å²) in [7, 11) is 1.49. The second-order valence-electron chi connectivity index (χ2n) is 9.00. The molecule has 5 atom stereocenters. The van der Waals surface area contributed by atoms with Crippen LogP contribution in [0.1, 0.15) is 65.7 Å². The van der Waals surface area contributed by atoms with Gasteiger partial charge in [0.2, 0.25) is 0 Å².